The van der Waals surface area contributed by atoms with Gasteiger partial charge in [-0.3, -0.25) is 9.59 Å². The summed E-state index contributed by atoms with van der Waals surface area (Å²) in [5.74, 6) is -0.606. The predicted octanol–water partition coefficient (Wildman–Crippen LogP) is 2.49. The Bertz CT molecular complexity index is 884. The highest BCUT2D eigenvalue weighted by Gasteiger charge is 2.26. The Balaban J connectivity index is 1.32. The van der Waals surface area contributed by atoms with E-state index in [1.165, 1.54) is 12.1 Å². The van der Waals surface area contributed by atoms with E-state index in [1.54, 1.807) is 4.90 Å². The quantitative estimate of drug-likeness (QED) is 0.841. The first-order valence-electron chi connectivity index (χ1n) is 10.5. The standard InChI is InChI=1S/C23H27FN4O2/c24-19-3-7-21(8-4-19)27-15-13-26(14-16-27)20-5-1-18(2-6-20)23(30)28-11-9-17(10-12-28)22(25)29/h1-8,17H,9-16H2,(H2,25,29). The lowest BCUT2D eigenvalue weighted by Gasteiger charge is -2.37. The number of nitrogens with zero attached hydrogens (tertiary/aromatic N) is 3. The molecule has 6 nitrogen and oxygen atoms in total. The summed E-state index contributed by atoms with van der Waals surface area (Å²) in [6, 6.07) is 14.4. The molecule has 2 fully saturated rings. The first-order chi connectivity index (χ1) is 14.5. The maximum atomic E-state index is 13.1. The van der Waals surface area contributed by atoms with Gasteiger partial charge in [-0.05, 0) is 61.4 Å². The van der Waals surface area contributed by atoms with Crippen molar-refractivity contribution >= 4 is 23.2 Å². The number of likely N-dealkylation sites (tertiary alicyclic amines) is 1. The lowest BCUT2D eigenvalue weighted by Crippen LogP contribution is -2.46. The number of rotatable bonds is 4. The van der Waals surface area contributed by atoms with Crippen LogP contribution in [0.1, 0.15) is 23.2 Å². The third-order valence-electron chi connectivity index (χ3n) is 6.14. The normalized spacial score (nSPS) is 17.8. The summed E-state index contributed by atoms with van der Waals surface area (Å²) >= 11 is 0. The van der Waals surface area contributed by atoms with Gasteiger partial charge in [-0.25, -0.2) is 4.39 Å². The van der Waals surface area contributed by atoms with E-state index in [1.807, 2.05) is 36.4 Å². The lowest BCUT2D eigenvalue weighted by atomic mass is 9.96. The summed E-state index contributed by atoms with van der Waals surface area (Å²) in [5.41, 5.74) is 8.17. The van der Waals surface area contributed by atoms with Crippen LogP contribution in [0.3, 0.4) is 0 Å². The molecule has 0 aliphatic carbocycles. The number of carbonyl (C=O) groups is 2. The predicted molar refractivity (Wildman–Crippen MR) is 115 cm³/mol. The molecule has 0 radical (unpaired) electrons. The topological polar surface area (TPSA) is 69.9 Å². The van der Waals surface area contributed by atoms with Crippen molar-refractivity contribution in [3.63, 3.8) is 0 Å². The van der Waals surface area contributed by atoms with E-state index in [4.69, 9.17) is 5.73 Å². The number of primary amides is 1. The summed E-state index contributed by atoms with van der Waals surface area (Å²) in [4.78, 5) is 30.4. The Morgan fingerprint density at radius 3 is 1.70 bits per heavy atom. The third kappa shape index (κ3) is 4.40. The van der Waals surface area contributed by atoms with Crippen molar-refractivity contribution in [2.24, 2.45) is 11.7 Å². The van der Waals surface area contributed by atoms with Gasteiger partial charge in [-0.1, -0.05) is 0 Å². The Hall–Kier alpha value is -3.09. The molecular formula is C23H27FN4O2. The van der Waals surface area contributed by atoms with Gasteiger partial charge in [-0.2, -0.15) is 0 Å². The first-order valence-corrected chi connectivity index (χ1v) is 10.5. The molecule has 30 heavy (non-hydrogen) atoms. The highest BCUT2D eigenvalue weighted by molar-refractivity contribution is 5.94. The fourth-order valence-electron chi connectivity index (χ4n) is 4.24. The van der Waals surface area contributed by atoms with Gasteiger partial charge in [0.2, 0.25) is 5.91 Å². The molecule has 0 spiro atoms. The van der Waals surface area contributed by atoms with E-state index < -0.39 is 0 Å². The number of anilines is 2. The summed E-state index contributed by atoms with van der Waals surface area (Å²) in [5, 5.41) is 0. The number of nitrogens with two attached hydrogens (primary N) is 1. The van der Waals surface area contributed by atoms with Crippen molar-refractivity contribution < 1.29 is 14.0 Å². The van der Waals surface area contributed by atoms with E-state index in [-0.39, 0.29) is 23.5 Å². The van der Waals surface area contributed by atoms with Crippen LogP contribution in [-0.4, -0.2) is 56.0 Å². The summed E-state index contributed by atoms with van der Waals surface area (Å²) in [7, 11) is 0. The van der Waals surface area contributed by atoms with E-state index in [9.17, 15) is 14.0 Å². The van der Waals surface area contributed by atoms with Crippen LogP contribution >= 0.6 is 0 Å². The lowest BCUT2D eigenvalue weighted by molar-refractivity contribution is -0.123. The number of piperazine rings is 1. The number of hydrogen-bond acceptors (Lipinski definition) is 4. The fraction of sp³-hybridized carbons (Fsp3) is 0.391. The average molecular weight is 410 g/mol. The maximum Gasteiger partial charge on any atom is 0.253 e. The molecule has 2 saturated heterocycles. The van der Waals surface area contributed by atoms with E-state index in [0.29, 0.717) is 31.5 Å². The zero-order chi connectivity index (χ0) is 21.1. The fourth-order valence-corrected chi connectivity index (χ4v) is 4.24. The molecule has 0 aromatic heterocycles. The van der Waals surface area contributed by atoms with Crippen LogP contribution in [0.5, 0.6) is 0 Å². The molecule has 2 aromatic rings. The SMILES string of the molecule is NC(=O)C1CCN(C(=O)c2ccc(N3CCN(c4ccc(F)cc4)CC3)cc2)CC1. The van der Waals surface area contributed by atoms with Crippen molar-refractivity contribution in [2.75, 3.05) is 49.1 Å². The van der Waals surface area contributed by atoms with Crippen LogP contribution in [0.15, 0.2) is 48.5 Å². The van der Waals surface area contributed by atoms with Crippen molar-refractivity contribution in [3.05, 3.63) is 59.9 Å². The second-order valence-corrected chi connectivity index (χ2v) is 7.97. The van der Waals surface area contributed by atoms with Gasteiger partial charge in [0.05, 0.1) is 0 Å². The number of halogens is 1. The summed E-state index contributed by atoms with van der Waals surface area (Å²) < 4.78 is 13.1. The summed E-state index contributed by atoms with van der Waals surface area (Å²) in [6.45, 7) is 4.60. The molecule has 0 atom stereocenters. The largest absolute Gasteiger partial charge is 0.369 e. The van der Waals surface area contributed by atoms with Crippen molar-refractivity contribution in [1.29, 1.82) is 0 Å². The van der Waals surface area contributed by atoms with Crippen LogP contribution in [0.4, 0.5) is 15.8 Å². The Morgan fingerprint density at radius 2 is 1.23 bits per heavy atom. The van der Waals surface area contributed by atoms with Crippen molar-refractivity contribution in [3.8, 4) is 0 Å². The van der Waals surface area contributed by atoms with Crippen LogP contribution < -0.4 is 15.5 Å². The Kier molecular flexibility index (Phi) is 5.88. The monoisotopic (exact) mass is 410 g/mol. The molecule has 2 heterocycles. The van der Waals surface area contributed by atoms with Gasteiger partial charge < -0.3 is 20.4 Å². The highest BCUT2D eigenvalue weighted by atomic mass is 19.1. The minimum absolute atomic E-state index is 0.00518. The molecule has 2 aliphatic rings. The second kappa shape index (κ2) is 8.73. The molecule has 2 aromatic carbocycles. The summed E-state index contributed by atoms with van der Waals surface area (Å²) in [6.07, 6.45) is 1.27. The maximum absolute atomic E-state index is 13.1. The van der Waals surface area contributed by atoms with Gasteiger partial charge in [0, 0.05) is 62.1 Å². The van der Waals surface area contributed by atoms with E-state index >= 15 is 0 Å². The van der Waals surface area contributed by atoms with E-state index in [2.05, 4.69) is 9.80 Å². The molecule has 4 rings (SSSR count). The zero-order valence-electron chi connectivity index (χ0n) is 17.0. The number of hydrogen-bond donors (Lipinski definition) is 1. The molecule has 2 aliphatic heterocycles. The molecule has 7 heteroatoms. The van der Waals surface area contributed by atoms with Crippen LogP contribution in [0.25, 0.3) is 0 Å². The Morgan fingerprint density at radius 1 is 0.767 bits per heavy atom. The molecule has 0 bridgehead atoms. The van der Waals surface area contributed by atoms with Crippen LogP contribution in [0.2, 0.25) is 0 Å². The average Bonchev–Trinajstić information content (AvgIpc) is 2.79. The molecule has 2 amide bonds. The van der Waals surface area contributed by atoms with Crippen molar-refractivity contribution in [1.82, 2.24) is 4.90 Å². The minimum atomic E-state index is -0.272. The third-order valence-corrected chi connectivity index (χ3v) is 6.14. The highest BCUT2D eigenvalue weighted by Crippen LogP contribution is 2.23. The van der Waals surface area contributed by atoms with Gasteiger partial charge in [0.25, 0.3) is 5.91 Å². The smallest absolute Gasteiger partial charge is 0.253 e. The van der Waals surface area contributed by atoms with Crippen LogP contribution in [0, 0.1) is 11.7 Å². The van der Waals surface area contributed by atoms with E-state index in [0.717, 1.165) is 37.6 Å². The zero-order valence-corrected chi connectivity index (χ0v) is 17.0. The van der Waals surface area contributed by atoms with Gasteiger partial charge in [-0.15, -0.1) is 0 Å². The number of amides is 2. The molecule has 0 unspecified atom stereocenters. The number of piperidine rings is 1. The molecule has 158 valence electrons. The van der Waals surface area contributed by atoms with Gasteiger partial charge >= 0.3 is 0 Å². The first kappa shape index (κ1) is 20.2. The van der Waals surface area contributed by atoms with Crippen molar-refractivity contribution in [2.45, 2.75) is 12.8 Å². The van der Waals surface area contributed by atoms with Gasteiger partial charge in [0.15, 0.2) is 0 Å². The second-order valence-electron chi connectivity index (χ2n) is 7.97. The number of benzene rings is 2. The molecule has 2 N–H and O–H groups in total. The minimum Gasteiger partial charge on any atom is -0.369 e. The molecule has 0 saturated carbocycles. The van der Waals surface area contributed by atoms with Gasteiger partial charge in [0.1, 0.15) is 5.82 Å². The molecular weight excluding hydrogens is 383 g/mol. The van der Waals surface area contributed by atoms with Crippen LogP contribution in [-0.2, 0) is 4.79 Å². The Labute approximate surface area is 176 Å². The number of carbonyl (C=O) groups excluding carboxylic acids is 2.